The molecule has 5 heterocycles. The molecule has 3 aliphatic rings. The van der Waals surface area contributed by atoms with Crippen LogP contribution in [0.2, 0.25) is 0 Å². The number of aromatic amines is 1. The highest BCUT2D eigenvalue weighted by Gasteiger charge is 2.51. The molecule has 9 nitrogen and oxygen atoms in total. The third-order valence-corrected chi connectivity index (χ3v) is 11.6. The van der Waals surface area contributed by atoms with Crippen LogP contribution in [-0.2, 0) is 20.6 Å². The molecule has 1 atom stereocenters. The lowest BCUT2D eigenvalue weighted by atomic mass is 9.78. The Hall–Kier alpha value is -4.13. The molecule has 5 aromatic rings. The third kappa shape index (κ3) is 6.15. The zero-order valence-corrected chi connectivity index (χ0v) is 31.2. The van der Waals surface area contributed by atoms with Crippen LogP contribution in [0.4, 0.5) is 9.18 Å². The van der Waals surface area contributed by atoms with Gasteiger partial charge in [0.05, 0.1) is 51.3 Å². The fourth-order valence-corrected chi connectivity index (χ4v) is 7.95. The number of halogens is 1. The van der Waals surface area contributed by atoms with E-state index in [4.69, 9.17) is 18.8 Å². The summed E-state index contributed by atoms with van der Waals surface area (Å²) in [5.74, 6) is 1.23. The van der Waals surface area contributed by atoms with Crippen LogP contribution < -0.4 is 10.2 Å². The van der Waals surface area contributed by atoms with Gasteiger partial charge in [0.15, 0.2) is 0 Å². The van der Waals surface area contributed by atoms with Gasteiger partial charge in [-0.25, -0.2) is 14.2 Å². The first-order valence-electron chi connectivity index (χ1n) is 17.7. The van der Waals surface area contributed by atoms with Crippen molar-refractivity contribution in [3.8, 4) is 28.3 Å². The van der Waals surface area contributed by atoms with Gasteiger partial charge in [-0.2, -0.15) is 0 Å². The lowest BCUT2D eigenvalue weighted by Gasteiger charge is -2.32. The number of benzene rings is 2. The topological polar surface area (TPSA) is 90.8 Å². The highest BCUT2D eigenvalue weighted by molar-refractivity contribution is 7.12. The van der Waals surface area contributed by atoms with Gasteiger partial charge in [0, 0.05) is 22.4 Å². The molecule has 3 aromatic heterocycles. The van der Waals surface area contributed by atoms with Crippen molar-refractivity contribution in [2.45, 2.75) is 104 Å². The number of hydrogen-bond acceptors (Lipinski definition) is 7. The van der Waals surface area contributed by atoms with Crippen LogP contribution in [0.3, 0.4) is 0 Å². The van der Waals surface area contributed by atoms with Crippen molar-refractivity contribution in [1.29, 1.82) is 0 Å². The Bertz CT molecular complexity index is 2140. The summed E-state index contributed by atoms with van der Waals surface area (Å²) in [4.78, 5) is 24.6. The smallest absolute Gasteiger partial charge is 0.464 e. The van der Waals surface area contributed by atoms with Crippen molar-refractivity contribution in [1.82, 2.24) is 19.4 Å². The fraction of sp³-hybridized carbons (Fsp3) is 0.436. The monoisotopic (exact) mass is 710 g/mol. The molecule has 0 bridgehead atoms. The minimum atomic E-state index is -0.610. The molecule has 2 fully saturated rings. The van der Waals surface area contributed by atoms with Gasteiger partial charge >= 0.3 is 13.2 Å². The van der Waals surface area contributed by atoms with Crippen LogP contribution in [0.1, 0.15) is 96.0 Å². The summed E-state index contributed by atoms with van der Waals surface area (Å²) >= 11 is 1.77. The first-order chi connectivity index (χ1) is 24.1. The number of amides is 1. The van der Waals surface area contributed by atoms with E-state index in [2.05, 4.69) is 38.8 Å². The highest BCUT2D eigenvalue weighted by Crippen LogP contribution is 2.50. The molecule has 266 valence electrons. The largest absolute Gasteiger partial charge is 0.494 e. The van der Waals surface area contributed by atoms with Crippen molar-refractivity contribution in [2.24, 2.45) is 0 Å². The summed E-state index contributed by atoms with van der Waals surface area (Å²) in [6, 6.07) is 16.0. The molecule has 1 saturated heterocycles. The normalized spacial score (nSPS) is 19.2. The molecule has 12 heteroatoms. The maximum atomic E-state index is 16.5. The number of aromatic nitrogens is 3. The van der Waals surface area contributed by atoms with Gasteiger partial charge < -0.3 is 28.7 Å². The molecule has 1 N–H and O–H groups in total. The fourth-order valence-electron chi connectivity index (χ4n) is 6.75. The minimum absolute atomic E-state index is 0.229. The lowest BCUT2D eigenvalue weighted by molar-refractivity contribution is 0.00578. The number of rotatable bonds is 7. The number of hydrogen-bond donors (Lipinski definition) is 1. The van der Waals surface area contributed by atoms with Gasteiger partial charge in [-0.15, -0.1) is 11.3 Å². The standard InChI is InChI=1S/C39H44BFN4O5S/c1-9-44(36(46)48-37(2,3)4)21-33-42-20-27(43-33)23-17-26(41)34-29-18-24-16-25(40-49-38(5,6)39(7,8)50-40)12-13-28(24)45(29)35(47-30(34)19-23)32-15-14-31(51-32)22-10-11-22/h12-20,22,35H,9-11,21H2,1-8H3,(H,42,43). The van der Waals surface area contributed by atoms with Crippen molar-refractivity contribution in [3.63, 3.8) is 0 Å². The molecule has 8 rings (SSSR count). The summed E-state index contributed by atoms with van der Waals surface area (Å²) in [5.41, 5.74) is 2.68. The predicted octanol–water partition coefficient (Wildman–Crippen LogP) is 8.77. The van der Waals surface area contributed by atoms with Crippen molar-refractivity contribution < 1.29 is 28.0 Å². The Morgan fingerprint density at radius 3 is 2.49 bits per heavy atom. The molecule has 1 amide bonds. The number of carbonyl (C=O) groups is 1. The molecule has 1 saturated carbocycles. The third-order valence-electron chi connectivity index (χ3n) is 10.4. The van der Waals surface area contributed by atoms with Gasteiger partial charge in [0.2, 0.25) is 6.23 Å². The maximum Gasteiger partial charge on any atom is 0.494 e. The zero-order valence-electron chi connectivity index (χ0n) is 30.4. The van der Waals surface area contributed by atoms with E-state index in [9.17, 15) is 4.79 Å². The van der Waals surface area contributed by atoms with E-state index in [0.717, 1.165) is 26.9 Å². The summed E-state index contributed by atoms with van der Waals surface area (Å²) in [5, 5.41) is 0.949. The molecule has 2 aliphatic heterocycles. The predicted molar refractivity (Wildman–Crippen MR) is 198 cm³/mol. The number of fused-ring (bicyclic) bond motifs is 5. The van der Waals surface area contributed by atoms with Crippen LogP contribution in [0, 0.1) is 5.82 Å². The lowest BCUT2D eigenvalue weighted by Crippen LogP contribution is -2.41. The van der Waals surface area contributed by atoms with Gasteiger partial charge in [0.1, 0.15) is 23.0 Å². The SMILES string of the molecule is CCN(Cc1ncc(-c2cc(F)c3c(c2)OC(c2ccc(C4CC4)s2)n2c-3cc3cc(B4OC(C)(C)C(C)(C)O4)ccc32)[nH]1)C(=O)OC(C)(C)C. The average molecular weight is 711 g/mol. The summed E-state index contributed by atoms with van der Waals surface area (Å²) in [6.07, 6.45) is 3.18. The number of nitrogens with zero attached hydrogens (tertiary/aromatic N) is 3. The average Bonchev–Trinajstić information content (AvgIpc) is 3.36. The molecule has 1 unspecified atom stereocenters. The molecule has 51 heavy (non-hydrogen) atoms. The first kappa shape index (κ1) is 34.0. The van der Waals surface area contributed by atoms with Gasteiger partial charge in [-0.1, -0.05) is 12.1 Å². The number of thiophene rings is 1. The van der Waals surface area contributed by atoms with E-state index < -0.39 is 42.1 Å². The Kier molecular flexibility index (Phi) is 7.97. The zero-order chi connectivity index (χ0) is 36.0. The van der Waals surface area contributed by atoms with E-state index in [-0.39, 0.29) is 6.54 Å². The van der Waals surface area contributed by atoms with Crippen molar-refractivity contribution in [3.05, 3.63) is 76.1 Å². The highest BCUT2D eigenvalue weighted by atomic mass is 32.1. The van der Waals surface area contributed by atoms with Gasteiger partial charge in [0.25, 0.3) is 0 Å². The van der Waals surface area contributed by atoms with Gasteiger partial charge in [-0.05, 0) is 116 Å². The molecule has 0 spiro atoms. The number of carbonyl (C=O) groups excluding carboxylic acids is 1. The van der Waals surface area contributed by atoms with E-state index >= 15 is 4.39 Å². The van der Waals surface area contributed by atoms with E-state index in [1.807, 2.05) is 73.6 Å². The minimum Gasteiger partial charge on any atom is -0.464 e. The van der Waals surface area contributed by atoms with E-state index in [1.165, 1.54) is 23.8 Å². The van der Waals surface area contributed by atoms with Gasteiger partial charge in [-0.3, -0.25) is 4.57 Å². The Balaban J connectivity index is 1.17. The number of ether oxygens (including phenoxy) is 2. The Labute approximate surface area is 302 Å². The second kappa shape index (κ2) is 12.0. The summed E-state index contributed by atoms with van der Waals surface area (Å²) < 4.78 is 43.7. The van der Waals surface area contributed by atoms with Crippen LogP contribution >= 0.6 is 11.3 Å². The number of H-pyrrole nitrogens is 1. The van der Waals surface area contributed by atoms with E-state index in [0.29, 0.717) is 40.9 Å². The maximum absolute atomic E-state index is 16.5. The quantitative estimate of drug-likeness (QED) is 0.170. The van der Waals surface area contributed by atoms with Crippen molar-refractivity contribution in [2.75, 3.05) is 6.54 Å². The number of imidazole rings is 1. The molecule has 1 aliphatic carbocycles. The number of nitrogens with one attached hydrogen (secondary N) is 1. The first-order valence-corrected chi connectivity index (χ1v) is 18.6. The van der Waals surface area contributed by atoms with Crippen LogP contribution in [-0.4, -0.2) is 56.0 Å². The molecular weight excluding hydrogens is 666 g/mol. The Morgan fingerprint density at radius 2 is 1.80 bits per heavy atom. The second-order valence-corrected chi connectivity index (χ2v) is 17.0. The van der Waals surface area contributed by atoms with Crippen LogP contribution in [0.5, 0.6) is 5.75 Å². The van der Waals surface area contributed by atoms with Crippen molar-refractivity contribution >= 4 is 40.9 Å². The molecule has 2 aromatic carbocycles. The van der Waals surface area contributed by atoms with Crippen LogP contribution in [0.25, 0.3) is 33.4 Å². The van der Waals surface area contributed by atoms with E-state index in [1.54, 1.807) is 22.4 Å². The molecular formula is C39H44BFN4O5S. The molecule has 0 radical (unpaired) electrons. The van der Waals surface area contributed by atoms with Crippen LogP contribution in [0.15, 0.2) is 54.7 Å². The second-order valence-electron chi connectivity index (χ2n) is 15.9. The Morgan fingerprint density at radius 1 is 1.08 bits per heavy atom. The summed E-state index contributed by atoms with van der Waals surface area (Å²) in [6.45, 7) is 16.3. The summed E-state index contributed by atoms with van der Waals surface area (Å²) in [7, 11) is -0.513.